The van der Waals surface area contributed by atoms with Crippen LogP contribution in [0.3, 0.4) is 0 Å². The molecule has 0 spiro atoms. The Morgan fingerprint density at radius 1 is 1.29 bits per heavy atom. The van der Waals surface area contributed by atoms with E-state index in [1.54, 1.807) is 0 Å². The van der Waals surface area contributed by atoms with Crippen molar-refractivity contribution in [2.75, 3.05) is 0 Å². The Labute approximate surface area is 84.6 Å². The zero-order valence-electron chi connectivity index (χ0n) is 8.92. The third-order valence-corrected chi connectivity index (χ3v) is 2.46. The molecule has 0 radical (unpaired) electrons. The van der Waals surface area contributed by atoms with Crippen LogP contribution in [-0.2, 0) is 17.6 Å². The molecule has 1 rings (SSSR count). The smallest absolute Gasteiger partial charge is 0.307 e. The first-order valence-electron chi connectivity index (χ1n) is 4.85. The van der Waals surface area contributed by atoms with Gasteiger partial charge in [0, 0.05) is 0 Å². The van der Waals surface area contributed by atoms with E-state index in [2.05, 4.69) is 6.92 Å². The summed E-state index contributed by atoms with van der Waals surface area (Å²) in [5, 5.41) is 8.68. The van der Waals surface area contributed by atoms with Crippen LogP contribution >= 0.6 is 0 Å². The van der Waals surface area contributed by atoms with Crippen LogP contribution < -0.4 is 0 Å². The molecule has 76 valence electrons. The van der Waals surface area contributed by atoms with Crippen LogP contribution in [0, 0.1) is 13.8 Å². The van der Waals surface area contributed by atoms with Gasteiger partial charge in [-0.3, -0.25) is 4.79 Å². The maximum atomic E-state index is 10.5. The average molecular weight is 192 g/mol. The van der Waals surface area contributed by atoms with E-state index in [1.807, 2.05) is 26.0 Å². The number of carboxylic acid groups (broad SMARTS) is 1. The maximum absolute atomic E-state index is 10.5. The normalized spacial score (nSPS) is 10.2. The number of rotatable bonds is 3. The number of carboxylic acids is 1. The summed E-state index contributed by atoms with van der Waals surface area (Å²) >= 11 is 0. The summed E-state index contributed by atoms with van der Waals surface area (Å²) in [5.74, 6) is -0.770. The van der Waals surface area contributed by atoms with Crippen LogP contribution in [-0.4, -0.2) is 11.1 Å². The van der Waals surface area contributed by atoms with Crippen molar-refractivity contribution in [2.24, 2.45) is 0 Å². The second-order valence-electron chi connectivity index (χ2n) is 3.63. The highest BCUT2D eigenvalue weighted by Gasteiger charge is 2.05. The summed E-state index contributed by atoms with van der Waals surface area (Å²) in [5.41, 5.74) is 4.62. The fourth-order valence-corrected chi connectivity index (χ4v) is 1.92. The Morgan fingerprint density at radius 3 is 2.14 bits per heavy atom. The van der Waals surface area contributed by atoms with Crippen molar-refractivity contribution in [3.05, 3.63) is 34.4 Å². The highest BCUT2D eigenvalue weighted by Crippen LogP contribution is 2.17. The fourth-order valence-electron chi connectivity index (χ4n) is 1.92. The molecular formula is C12H16O2. The summed E-state index contributed by atoms with van der Waals surface area (Å²) in [6.45, 7) is 6.20. The van der Waals surface area contributed by atoms with Gasteiger partial charge in [0.25, 0.3) is 0 Å². The molecule has 0 aliphatic carbocycles. The largest absolute Gasteiger partial charge is 0.481 e. The summed E-state index contributed by atoms with van der Waals surface area (Å²) in [6.07, 6.45) is 1.12. The molecule has 0 aromatic heterocycles. The number of hydrogen-bond donors (Lipinski definition) is 1. The lowest BCUT2D eigenvalue weighted by atomic mass is 9.96. The van der Waals surface area contributed by atoms with E-state index in [4.69, 9.17) is 5.11 Å². The summed E-state index contributed by atoms with van der Waals surface area (Å²) in [4.78, 5) is 10.5. The van der Waals surface area contributed by atoms with Gasteiger partial charge < -0.3 is 5.11 Å². The Bertz CT molecular complexity index is 330. The molecule has 1 aromatic carbocycles. The number of benzene rings is 1. The van der Waals surface area contributed by atoms with Crippen molar-refractivity contribution in [2.45, 2.75) is 33.6 Å². The van der Waals surface area contributed by atoms with Crippen molar-refractivity contribution < 1.29 is 9.90 Å². The van der Waals surface area contributed by atoms with E-state index in [0.717, 1.165) is 12.0 Å². The lowest BCUT2D eigenvalue weighted by Gasteiger charge is -2.09. The molecular weight excluding hydrogens is 176 g/mol. The van der Waals surface area contributed by atoms with Crippen molar-refractivity contribution in [3.8, 4) is 0 Å². The van der Waals surface area contributed by atoms with E-state index in [-0.39, 0.29) is 6.42 Å². The van der Waals surface area contributed by atoms with Gasteiger partial charge in [0.05, 0.1) is 6.42 Å². The highest BCUT2D eigenvalue weighted by molar-refractivity contribution is 5.70. The third-order valence-electron chi connectivity index (χ3n) is 2.46. The van der Waals surface area contributed by atoms with E-state index in [1.165, 1.54) is 16.7 Å². The van der Waals surface area contributed by atoms with Gasteiger partial charge in [0.2, 0.25) is 0 Å². The molecule has 0 aliphatic heterocycles. The molecule has 0 heterocycles. The standard InChI is InChI=1S/C12H16O2/c1-4-11-8(2)5-10(6-9(11)3)7-12(13)14/h5-6H,4,7H2,1-3H3,(H,13,14). The predicted octanol–water partition coefficient (Wildman–Crippen LogP) is 2.49. The second-order valence-corrected chi connectivity index (χ2v) is 3.63. The zero-order valence-corrected chi connectivity index (χ0v) is 8.92. The topological polar surface area (TPSA) is 37.3 Å². The SMILES string of the molecule is CCc1c(C)cc(CC(=O)O)cc1C. The van der Waals surface area contributed by atoms with Gasteiger partial charge >= 0.3 is 5.97 Å². The van der Waals surface area contributed by atoms with Crippen LogP contribution in [0.4, 0.5) is 0 Å². The van der Waals surface area contributed by atoms with Crippen LogP contribution in [0.25, 0.3) is 0 Å². The van der Waals surface area contributed by atoms with Gasteiger partial charge in [-0.25, -0.2) is 0 Å². The van der Waals surface area contributed by atoms with Crippen LogP contribution in [0.2, 0.25) is 0 Å². The van der Waals surface area contributed by atoms with E-state index >= 15 is 0 Å². The van der Waals surface area contributed by atoms with E-state index in [9.17, 15) is 4.79 Å². The molecule has 0 fully saturated rings. The minimum Gasteiger partial charge on any atom is -0.481 e. The van der Waals surface area contributed by atoms with Gasteiger partial charge in [0.1, 0.15) is 0 Å². The minimum absolute atomic E-state index is 0.117. The molecule has 1 N–H and O–H groups in total. The molecule has 0 unspecified atom stereocenters. The van der Waals surface area contributed by atoms with Gasteiger partial charge in [-0.05, 0) is 42.5 Å². The number of carbonyl (C=O) groups is 1. The first-order valence-corrected chi connectivity index (χ1v) is 4.85. The highest BCUT2D eigenvalue weighted by atomic mass is 16.4. The number of hydrogen-bond acceptors (Lipinski definition) is 1. The lowest BCUT2D eigenvalue weighted by Crippen LogP contribution is -2.02. The molecule has 0 saturated heterocycles. The first kappa shape index (κ1) is 10.8. The van der Waals surface area contributed by atoms with Crippen molar-refractivity contribution in [3.63, 3.8) is 0 Å². The Balaban J connectivity index is 3.07. The van der Waals surface area contributed by atoms with Gasteiger partial charge in [-0.15, -0.1) is 0 Å². The average Bonchev–Trinajstić information content (AvgIpc) is 2.01. The Morgan fingerprint density at radius 2 is 1.79 bits per heavy atom. The monoisotopic (exact) mass is 192 g/mol. The van der Waals surface area contributed by atoms with Crippen molar-refractivity contribution in [1.29, 1.82) is 0 Å². The van der Waals surface area contributed by atoms with Crippen LogP contribution in [0.15, 0.2) is 12.1 Å². The molecule has 2 heteroatoms. The molecule has 0 atom stereocenters. The number of aliphatic carboxylic acids is 1. The van der Waals surface area contributed by atoms with Crippen molar-refractivity contribution >= 4 is 5.97 Å². The van der Waals surface area contributed by atoms with Crippen LogP contribution in [0.5, 0.6) is 0 Å². The maximum Gasteiger partial charge on any atom is 0.307 e. The Hall–Kier alpha value is -1.31. The Kier molecular flexibility index (Phi) is 3.28. The van der Waals surface area contributed by atoms with E-state index < -0.39 is 5.97 Å². The molecule has 2 nitrogen and oxygen atoms in total. The molecule has 0 aliphatic rings. The molecule has 1 aromatic rings. The molecule has 0 bridgehead atoms. The van der Waals surface area contributed by atoms with Gasteiger partial charge in [-0.1, -0.05) is 19.1 Å². The van der Waals surface area contributed by atoms with Gasteiger partial charge in [0.15, 0.2) is 0 Å². The molecule has 0 saturated carbocycles. The lowest BCUT2D eigenvalue weighted by molar-refractivity contribution is -0.136. The second kappa shape index (κ2) is 4.27. The fraction of sp³-hybridized carbons (Fsp3) is 0.417. The van der Waals surface area contributed by atoms with Crippen LogP contribution in [0.1, 0.15) is 29.2 Å². The zero-order chi connectivity index (χ0) is 10.7. The van der Waals surface area contributed by atoms with E-state index in [0.29, 0.717) is 0 Å². The molecule has 14 heavy (non-hydrogen) atoms. The first-order chi connectivity index (χ1) is 6.54. The molecule has 0 amide bonds. The number of aryl methyl sites for hydroxylation is 2. The summed E-state index contributed by atoms with van der Waals surface area (Å²) < 4.78 is 0. The van der Waals surface area contributed by atoms with Gasteiger partial charge in [-0.2, -0.15) is 0 Å². The quantitative estimate of drug-likeness (QED) is 0.798. The predicted molar refractivity (Wildman–Crippen MR) is 56.6 cm³/mol. The van der Waals surface area contributed by atoms with Crippen molar-refractivity contribution in [1.82, 2.24) is 0 Å². The minimum atomic E-state index is -0.770. The summed E-state index contributed by atoms with van der Waals surface area (Å²) in [6, 6.07) is 3.94. The third kappa shape index (κ3) is 2.34. The summed E-state index contributed by atoms with van der Waals surface area (Å²) in [7, 11) is 0.